The predicted octanol–water partition coefficient (Wildman–Crippen LogP) is 11.0. The van der Waals surface area contributed by atoms with E-state index in [9.17, 15) is 9.13 Å². The molecule has 0 aliphatic carbocycles. The monoisotopic (exact) mass is 562 g/mol. The Balaban J connectivity index is 0.000000668. The number of para-hydroxylation sites is 3. The van der Waals surface area contributed by atoms with Crippen molar-refractivity contribution in [3.8, 4) is 17.2 Å². The van der Waals surface area contributed by atoms with Crippen molar-refractivity contribution >= 4 is 15.0 Å². The molecule has 212 valence electrons. The Labute approximate surface area is 231 Å². The SMILES string of the molecule is CC.CC.CC(C)(C)P(=O)(Oc1ccccc1)Oc1ccccc1.CC(C)(C)P(C)(=O)Oc1ccccc1. The third-order valence-electron chi connectivity index (χ3n) is 5.00. The Kier molecular flexibility index (Phi) is 15.4. The zero-order valence-electron chi connectivity index (χ0n) is 25.1. The van der Waals surface area contributed by atoms with Gasteiger partial charge in [-0.2, -0.15) is 0 Å². The second-order valence-corrected chi connectivity index (χ2v) is 15.8. The highest BCUT2D eigenvalue weighted by Crippen LogP contribution is 2.58. The fraction of sp³-hybridized carbons (Fsp3) is 0.419. The first-order chi connectivity index (χ1) is 17.7. The van der Waals surface area contributed by atoms with Crippen molar-refractivity contribution in [2.45, 2.75) is 79.5 Å². The van der Waals surface area contributed by atoms with Crippen LogP contribution in [0.3, 0.4) is 0 Å². The van der Waals surface area contributed by atoms with Gasteiger partial charge in [0.1, 0.15) is 17.2 Å². The van der Waals surface area contributed by atoms with Crippen molar-refractivity contribution in [1.82, 2.24) is 0 Å². The third kappa shape index (κ3) is 11.9. The lowest BCUT2D eigenvalue weighted by molar-refractivity contribution is 0.356. The summed E-state index contributed by atoms with van der Waals surface area (Å²) in [4.78, 5) is 0. The normalized spacial score (nSPS) is 12.5. The lowest BCUT2D eigenvalue weighted by atomic mass is 10.3. The smallest absolute Gasteiger partial charge is 0.435 e. The Morgan fingerprint density at radius 1 is 0.474 bits per heavy atom. The molecule has 0 heterocycles. The lowest BCUT2D eigenvalue weighted by Gasteiger charge is -2.30. The quantitative estimate of drug-likeness (QED) is 0.280. The Morgan fingerprint density at radius 2 is 0.737 bits per heavy atom. The first kappa shape index (κ1) is 35.5. The Hall–Kier alpha value is -2.48. The van der Waals surface area contributed by atoms with E-state index in [0.29, 0.717) is 17.2 Å². The third-order valence-corrected chi connectivity index (χ3v) is 10.5. The van der Waals surface area contributed by atoms with E-state index in [1.54, 1.807) is 30.9 Å². The number of hydrogen-bond donors (Lipinski definition) is 0. The van der Waals surface area contributed by atoms with Gasteiger partial charge in [0.25, 0.3) is 0 Å². The van der Waals surface area contributed by atoms with Crippen molar-refractivity contribution in [1.29, 1.82) is 0 Å². The molecule has 38 heavy (non-hydrogen) atoms. The molecule has 3 aromatic rings. The van der Waals surface area contributed by atoms with Crippen molar-refractivity contribution in [3.63, 3.8) is 0 Å². The van der Waals surface area contributed by atoms with Crippen molar-refractivity contribution in [2.75, 3.05) is 6.66 Å². The van der Waals surface area contributed by atoms with E-state index in [0.717, 1.165) is 0 Å². The average Bonchev–Trinajstić information content (AvgIpc) is 2.87. The molecule has 0 spiro atoms. The molecule has 0 amide bonds. The second kappa shape index (κ2) is 16.5. The van der Waals surface area contributed by atoms with Gasteiger partial charge in [0, 0.05) is 11.8 Å². The largest absolute Gasteiger partial charge is 0.443 e. The summed E-state index contributed by atoms with van der Waals surface area (Å²) in [5.41, 5.74) is 0. The molecule has 7 heteroatoms. The molecule has 3 aromatic carbocycles. The first-order valence-corrected chi connectivity index (χ1v) is 16.8. The van der Waals surface area contributed by atoms with E-state index in [4.69, 9.17) is 13.6 Å². The molecule has 0 radical (unpaired) electrons. The first-order valence-electron chi connectivity index (χ1n) is 13.2. The zero-order valence-corrected chi connectivity index (χ0v) is 26.9. The average molecular weight is 563 g/mol. The summed E-state index contributed by atoms with van der Waals surface area (Å²) in [6.45, 7) is 21.0. The minimum Gasteiger partial charge on any atom is -0.443 e. The zero-order chi connectivity index (χ0) is 29.5. The van der Waals surface area contributed by atoms with Gasteiger partial charge in [0.15, 0.2) is 0 Å². The Morgan fingerprint density at radius 3 is 0.974 bits per heavy atom. The van der Waals surface area contributed by atoms with E-state index in [-0.39, 0.29) is 5.16 Å². The van der Waals surface area contributed by atoms with Crippen molar-refractivity contribution in [3.05, 3.63) is 91.0 Å². The van der Waals surface area contributed by atoms with Crippen LogP contribution in [-0.2, 0) is 9.13 Å². The van der Waals surface area contributed by atoms with Crippen molar-refractivity contribution < 1.29 is 22.7 Å². The van der Waals surface area contributed by atoms with Crippen LogP contribution in [-0.4, -0.2) is 17.0 Å². The van der Waals surface area contributed by atoms with Gasteiger partial charge in [-0.25, -0.2) is 4.57 Å². The molecule has 0 saturated carbocycles. The van der Waals surface area contributed by atoms with Crippen LogP contribution in [0.15, 0.2) is 91.0 Å². The van der Waals surface area contributed by atoms with Gasteiger partial charge < -0.3 is 13.6 Å². The van der Waals surface area contributed by atoms with Gasteiger partial charge in [0.2, 0.25) is 7.37 Å². The van der Waals surface area contributed by atoms with E-state index in [2.05, 4.69) is 0 Å². The van der Waals surface area contributed by atoms with Gasteiger partial charge in [-0.1, -0.05) is 103 Å². The summed E-state index contributed by atoms with van der Waals surface area (Å²) in [7, 11) is -5.95. The maximum atomic E-state index is 13.1. The summed E-state index contributed by atoms with van der Waals surface area (Å²) in [6.07, 6.45) is 0. The van der Waals surface area contributed by atoms with E-state index in [1.807, 2.05) is 136 Å². The minimum absolute atomic E-state index is 0.317. The van der Waals surface area contributed by atoms with Crippen LogP contribution >= 0.6 is 15.0 Å². The Bertz CT molecular complexity index is 1060. The summed E-state index contributed by atoms with van der Waals surface area (Å²) < 4.78 is 42.2. The van der Waals surface area contributed by atoms with Gasteiger partial charge in [-0.3, -0.25) is 4.57 Å². The van der Waals surface area contributed by atoms with E-state index < -0.39 is 20.1 Å². The molecule has 0 aliphatic rings. The molecular formula is C31H48O5P2. The molecule has 3 rings (SSSR count). The number of rotatable bonds is 6. The second-order valence-electron chi connectivity index (χ2n) is 9.90. The fourth-order valence-corrected chi connectivity index (χ4v) is 4.53. The standard InChI is InChI=1S/C16H19O3P.C11H17O2P.2C2H6/c1-16(2,3)20(17,18-14-10-6-4-7-11-14)19-15-12-8-5-9-13-15;1-11(2,3)14(4,12)13-10-8-6-5-7-9-10;2*1-2/h4-13H,1-3H3;5-9H,1-4H3;2*1-2H3. The molecule has 0 saturated heterocycles. The molecule has 1 unspecified atom stereocenters. The lowest BCUT2D eigenvalue weighted by Crippen LogP contribution is -2.22. The molecule has 1 atom stereocenters. The van der Waals surface area contributed by atoms with Crippen LogP contribution in [0.2, 0.25) is 0 Å². The maximum Gasteiger partial charge on any atom is 0.435 e. The van der Waals surface area contributed by atoms with Crippen LogP contribution < -0.4 is 13.6 Å². The van der Waals surface area contributed by atoms with Crippen LogP contribution in [0.1, 0.15) is 69.2 Å². The van der Waals surface area contributed by atoms with E-state index >= 15 is 0 Å². The topological polar surface area (TPSA) is 61.8 Å². The molecule has 0 aromatic heterocycles. The highest BCUT2D eigenvalue weighted by molar-refractivity contribution is 7.60. The van der Waals surface area contributed by atoms with Crippen LogP contribution in [0, 0.1) is 0 Å². The molecule has 0 N–H and O–H groups in total. The molecule has 0 aliphatic heterocycles. The summed E-state index contributed by atoms with van der Waals surface area (Å²) in [5, 5.41) is -0.943. The van der Waals surface area contributed by atoms with Crippen LogP contribution in [0.5, 0.6) is 17.2 Å². The van der Waals surface area contributed by atoms with E-state index in [1.165, 1.54) is 0 Å². The van der Waals surface area contributed by atoms with Gasteiger partial charge in [0.05, 0.1) is 5.16 Å². The fourth-order valence-electron chi connectivity index (χ4n) is 2.35. The van der Waals surface area contributed by atoms with Gasteiger partial charge in [-0.15, -0.1) is 0 Å². The summed E-state index contributed by atoms with van der Waals surface area (Å²) in [6, 6.07) is 27.5. The summed E-state index contributed by atoms with van der Waals surface area (Å²) >= 11 is 0. The number of hydrogen-bond acceptors (Lipinski definition) is 5. The van der Waals surface area contributed by atoms with Gasteiger partial charge >= 0.3 is 7.60 Å². The van der Waals surface area contributed by atoms with Crippen LogP contribution in [0.25, 0.3) is 0 Å². The highest BCUT2D eigenvalue weighted by Gasteiger charge is 2.43. The highest BCUT2D eigenvalue weighted by atomic mass is 31.2. The molecule has 0 fully saturated rings. The van der Waals surface area contributed by atoms with Gasteiger partial charge in [-0.05, 0) is 57.2 Å². The molecule has 0 bridgehead atoms. The molecular weight excluding hydrogens is 514 g/mol. The number of benzene rings is 3. The molecule has 5 nitrogen and oxygen atoms in total. The summed E-state index contributed by atoms with van der Waals surface area (Å²) in [5.74, 6) is 1.76. The predicted molar refractivity (Wildman–Crippen MR) is 165 cm³/mol. The maximum absolute atomic E-state index is 13.1. The van der Waals surface area contributed by atoms with Crippen LogP contribution in [0.4, 0.5) is 0 Å². The minimum atomic E-state index is -3.35. The van der Waals surface area contributed by atoms with Crippen molar-refractivity contribution in [2.24, 2.45) is 0 Å².